The number of nitrogens with two attached hydrogens (primary N) is 1. The van der Waals surface area contributed by atoms with Gasteiger partial charge in [-0.15, -0.1) is 0 Å². The van der Waals surface area contributed by atoms with Gasteiger partial charge in [0.1, 0.15) is 0 Å². The van der Waals surface area contributed by atoms with Crippen LogP contribution >= 0.6 is 0 Å². The fraction of sp³-hybridized carbons (Fsp3) is 0.429. The first-order valence-electron chi connectivity index (χ1n) is 3.39. The van der Waals surface area contributed by atoms with Crippen LogP contribution in [0.15, 0.2) is 6.20 Å². The van der Waals surface area contributed by atoms with Gasteiger partial charge in [-0.3, -0.25) is 0 Å². The summed E-state index contributed by atoms with van der Waals surface area (Å²) < 4.78 is 12.5. The van der Waals surface area contributed by atoms with Crippen LogP contribution in [0.2, 0.25) is 0 Å². The fourth-order valence-electron chi connectivity index (χ4n) is 0.681. The first-order chi connectivity index (χ1) is 5.11. The summed E-state index contributed by atoms with van der Waals surface area (Å²) in [6, 6.07) is 0. The van der Waals surface area contributed by atoms with Gasteiger partial charge in [0.15, 0.2) is 5.82 Å². The van der Waals surface area contributed by atoms with E-state index in [2.05, 4.69) is 9.97 Å². The van der Waals surface area contributed by atoms with Gasteiger partial charge in [0.05, 0.1) is 11.9 Å². The number of aromatic nitrogens is 2. The molecule has 0 bridgehead atoms. The molecule has 0 atom stereocenters. The molecule has 0 unspecified atom stereocenters. The maximum absolute atomic E-state index is 12.5. The second-order valence-electron chi connectivity index (χ2n) is 2.63. The maximum atomic E-state index is 12.5. The zero-order valence-corrected chi connectivity index (χ0v) is 6.50. The molecular weight excluding hydrogens is 145 g/mol. The highest BCUT2D eigenvalue weighted by Crippen LogP contribution is 2.12. The van der Waals surface area contributed by atoms with Crippen LogP contribution in [0.25, 0.3) is 0 Å². The van der Waals surface area contributed by atoms with Crippen molar-refractivity contribution in [2.75, 3.05) is 5.73 Å². The number of nitrogens with zero attached hydrogens (tertiary/aromatic N) is 2. The lowest BCUT2D eigenvalue weighted by Crippen LogP contribution is -2.02. The Labute approximate surface area is 64.5 Å². The molecule has 2 N–H and O–H groups in total. The van der Waals surface area contributed by atoms with Gasteiger partial charge >= 0.3 is 0 Å². The molecule has 0 aromatic carbocycles. The Morgan fingerprint density at radius 2 is 2.18 bits per heavy atom. The summed E-state index contributed by atoms with van der Waals surface area (Å²) in [6.07, 6.45) is 1.40. The third-order valence-corrected chi connectivity index (χ3v) is 1.36. The van der Waals surface area contributed by atoms with Gasteiger partial charge in [-0.05, 0) is 5.92 Å². The van der Waals surface area contributed by atoms with E-state index in [1.165, 1.54) is 6.20 Å². The molecule has 0 saturated heterocycles. The standard InChI is InChI=1S/C7H10FN3/c1-4(2)5-3-10-6(8)7(9)11-5/h3-4H,1-2H3,(H2,9,11). The van der Waals surface area contributed by atoms with Gasteiger partial charge in [0.2, 0.25) is 0 Å². The average molecular weight is 155 g/mol. The quantitative estimate of drug-likeness (QED) is 0.665. The SMILES string of the molecule is CC(C)c1cnc(F)c(N)n1. The Balaban J connectivity index is 3.05. The Morgan fingerprint density at radius 3 is 2.64 bits per heavy atom. The molecule has 0 spiro atoms. The highest BCUT2D eigenvalue weighted by Gasteiger charge is 2.05. The summed E-state index contributed by atoms with van der Waals surface area (Å²) in [5, 5.41) is 0. The van der Waals surface area contributed by atoms with E-state index in [0.29, 0.717) is 5.69 Å². The van der Waals surface area contributed by atoms with E-state index in [0.717, 1.165) is 0 Å². The van der Waals surface area contributed by atoms with Crippen LogP contribution in [0.4, 0.5) is 10.2 Å². The van der Waals surface area contributed by atoms with Gasteiger partial charge in [-0.25, -0.2) is 9.97 Å². The Bertz CT molecular complexity index is 260. The van der Waals surface area contributed by atoms with Crippen LogP contribution in [0.1, 0.15) is 25.5 Å². The zero-order valence-electron chi connectivity index (χ0n) is 6.50. The summed E-state index contributed by atoms with van der Waals surface area (Å²) in [5.41, 5.74) is 5.92. The molecule has 1 heterocycles. The number of halogens is 1. The number of hydrogen-bond donors (Lipinski definition) is 1. The van der Waals surface area contributed by atoms with E-state index < -0.39 is 5.95 Å². The van der Waals surface area contributed by atoms with Crippen molar-refractivity contribution < 1.29 is 4.39 Å². The van der Waals surface area contributed by atoms with Gasteiger partial charge in [0, 0.05) is 0 Å². The van der Waals surface area contributed by atoms with Crippen LogP contribution in [0, 0.1) is 5.95 Å². The van der Waals surface area contributed by atoms with E-state index in [-0.39, 0.29) is 11.7 Å². The molecule has 0 amide bonds. The summed E-state index contributed by atoms with van der Waals surface area (Å²) in [7, 11) is 0. The number of rotatable bonds is 1. The molecule has 0 aliphatic heterocycles. The van der Waals surface area contributed by atoms with Gasteiger partial charge in [-0.1, -0.05) is 13.8 Å². The van der Waals surface area contributed by atoms with E-state index in [9.17, 15) is 4.39 Å². The number of nitrogen functional groups attached to an aromatic ring is 1. The van der Waals surface area contributed by atoms with Crippen molar-refractivity contribution in [2.45, 2.75) is 19.8 Å². The predicted octanol–water partition coefficient (Wildman–Crippen LogP) is 1.32. The van der Waals surface area contributed by atoms with Crippen LogP contribution in [0.5, 0.6) is 0 Å². The monoisotopic (exact) mass is 155 g/mol. The summed E-state index contributed by atoms with van der Waals surface area (Å²) >= 11 is 0. The normalized spacial score (nSPS) is 10.5. The van der Waals surface area contributed by atoms with Gasteiger partial charge in [0.25, 0.3) is 5.95 Å². The third kappa shape index (κ3) is 1.63. The molecule has 0 aliphatic carbocycles. The molecule has 1 aromatic heterocycles. The molecule has 1 rings (SSSR count). The molecular formula is C7H10FN3. The lowest BCUT2D eigenvalue weighted by molar-refractivity contribution is 0.577. The number of anilines is 1. The molecule has 11 heavy (non-hydrogen) atoms. The van der Waals surface area contributed by atoms with Crippen molar-refractivity contribution in [2.24, 2.45) is 0 Å². The highest BCUT2D eigenvalue weighted by atomic mass is 19.1. The van der Waals surface area contributed by atoms with E-state index in [1.54, 1.807) is 0 Å². The van der Waals surface area contributed by atoms with Crippen LogP contribution in [0.3, 0.4) is 0 Å². The Hall–Kier alpha value is -1.19. The topological polar surface area (TPSA) is 51.8 Å². The average Bonchev–Trinajstić information content (AvgIpc) is 1.94. The molecule has 3 nitrogen and oxygen atoms in total. The van der Waals surface area contributed by atoms with E-state index in [1.807, 2.05) is 13.8 Å². The molecule has 0 fully saturated rings. The molecule has 1 aromatic rings. The fourth-order valence-corrected chi connectivity index (χ4v) is 0.681. The molecule has 60 valence electrons. The van der Waals surface area contributed by atoms with Crippen LogP contribution in [-0.4, -0.2) is 9.97 Å². The third-order valence-electron chi connectivity index (χ3n) is 1.36. The minimum atomic E-state index is -0.700. The Morgan fingerprint density at radius 1 is 1.55 bits per heavy atom. The smallest absolute Gasteiger partial charge is 0.255 e. The molecule has 0 saturated carbocycles. The maximum Gasteiger partial charge on any atom is 0.255 e. The Kier molecular flexibility index (Phi) is 2.03. The first-order valence-corrected chi connectivity index (χ1v) is 3.39. The minimum absolute atomic E-state index is 0.129. The van der Waals surface area contributed by atoms with Crippen molar-refractivity contribution >= 4 is 5.82 Å². The van der Waals surface area contributed by atoms with Gasteiger partial charge < -0.3 is 5.73 Å². The summed E-state index contributed by atoms with van der Waals surface area (Å²) in [6.45, 7) is 3.89. The largest absolute Gasteiger partial charge is 0.380 e. The molecule has 0 aliphatic rings. The van der Waals surface area contributed by atoms with Crippen LogP contribution < -0.4 is 5.73 Å². The second kappa shape index (κ2) is 2.82. The summed E-state index contributed by atoms with van der Waals surface area (Å²) in [5.74, 6) is -0.601. The molecule has 0 radical (unpaired) electrons. The number of hydrogen-bond acceptors (Lipinski definition) is 3. The lowest BCUT2D eigenvalue weighted by Gasteiger charge is -2.03. The lowest BCUT2D eigenvalue weighted by atomic mass is 10.1. The molecule has 4 heteroatoms. The van der Waals surface area contributed by atoms with Crippen molar-refractivity contribution in [3.8, 4) is 0 Å². The highest BCUT2D eigenvalue weighted by molar-refractivity contribution is 5.26. The van der Waals surface area contributed by atoms with E-state index in [4.69, 9.17) is 5.73 Å². The van der Waals surface area contributed by atoms with Crippen molar-refractivity contribution in [3.05, 3.63) is 17.8 Å². The van der Waals surface area contributed by atoms with E-state index >= 15 is 0 Å². The van der Waals surface area contributed by atoms with Crippen molar-refractivity contribution in [1.82, 2.24) is 9.97 Å². The van der Waals surface area contributed by atoms with Crippen molar-refractivity contribution in [1.29, 1.82) is 0 Å². The zero-order chi connectivity index (χ0) is 8.43. The van der Waals surface area contributed by atoms with Crippen molar-refractivity contribution in [3.63, 3.8) is 0 Å². The predicted molar refractivity (Wildman–Crippen MR) is 40.5 cm³/mol. The van der Waals surface area contributed by atoms with Gasteiger partial charge in [-0.2, -0.15) is 4.39 Å². The second-order valence-corrected chi connectivity index (χ2v) is 2.63. The summed E-state index contributed by atoms with van der Waals surface area (Å²) in [4.78, 5) is 7.26. The van der Waals surface area contributed by atoms with Crippen LogP contribution in [-0.2, 0) is 0 Å². The minimum Gasteiger partial charge on any atom is -0.380 e. The first kappa shape index (κ1) is 7.91.